The number of anilines is 6. The smallest absolute Gasteiger partial charge is 0.252 e. The molecule has 0 spiro atoms. The van der Waals surface area contributed by atoms with E-state index in [4.69, 9.17) is 2.74 Å². The van der Waals surface area contributed by atoms with E-state index in [1.165, 1.54) is 22.3 Å². The Bertz CT molecular complexity index is 8120. The van der Waals surface area contributed by atoms with Crippen molar-refractivity contribution in [3.8, 4) is 56.1 Å². The number of nitrogens with zero attached hydrogens (tertiary/aromatic N) is 6. The van der Waals surface area contributed by atoms with Crippen molar-refractivity contribution in [1.29, 1.82) is 0 Å². The number of hydrogen-bond donors (Lipinski definition) is 0. The quantitative estimate of drug-likeness (QED) is 0.135. The number of para-hydroxylation sites is 5. The van der Waals surface area contributed by atoms with Gasteiger partial charge in [-0.1, -0.05) is 289 Å². The summed E-state index contributed by atoms with van der Waals surface area (Å²) in [7, 11) is 0. The molecule has 7 heteroatoms. The van der Waals surface area contributed by atoms with Crippen molar-refractivity contribution < 1.29 is 17.8 Å². The summed E-state index contributed by atoms with van der Waals surface area (Å²) in [5.74, 6) is 0. The van der Waals surface area contributed by atoms with Crippen molar-refractivity contribution in [2.75, 3.05) is 9.80 Å². The molecule has 0 fully saturated rings. The van der Waals surface area contributed by atoms with E-state index in [1.54, 1.807) is 4.57 Å². The molecule has 4 aromatic heterocycles. The lowest BCUT2D eigenvalue weighted by atomic mass is 9.33. The Kier molecular flexibility index (Phi) is 13.1. The van der Waals surface area contributed by atoms with Crippen LogP contribution in [-0.2, 0) is 21.7 Å². The van der Waals surface area contributed by atoms with Gasteiger partial charge in [0.2, 0.25) is 0 Å². The minimum absolute atomic E-state index is 0.0432. The molecule has 119 heavy (non-hydrogen) atoms. The summed E-state index contributed by atoms with van der Waals surface area (Å²) < 4.78 is 134. The Morgan fingerprint density at radius 3 is 1.09 bits per heavy atom. The van der Waals surface area contributed by atoms with Crippen molar-refractivity contribution >= 4 is 144 Å². The van der Waals surface area contributed by atoms with Gasteiger partial charge in [0.1, 0.15) is 0 Å². The van der Waals surface area contributed by atoms with Crippen LogP contribution in [0.5, 0.6) is 0 Å². The van der Waals surface area contributed by atoms with Crippen molar-refractivity contribution in [2.24, 2.45) is 0 Å². The van der Waals surface area contributed by atoms with Crippen LogP contribution in [0.25, 0.3) is 143 Å². The molecule has 0 saturated carbocycles. The second-order valence-corrected chi connectivity index (χ2v) is 36.4. The van der Waals surface area contributed by atoms with Gasteiger partial charge >= 0.3 is 0 Å². The zero-order valence-corrected chi connectivity index (χ0v) is 68.7. The van der Waals surface area contributed by atoms with E-state index in [2.05, 4.69) is 301 Å². The zero-order valence-electron chi connectivity index (χ0n) is 81.7. The minimum Gasteiger partial charge on any atom is -0.311 e. The molecule has 0 atom stereocenters. The van der Waals surface area contributed by atoms with Gasteiger partial charge in [0.25, 0.3) is 6.71 Å². The fraction of sp³-hybridized carbons (Fsp3) is 0.143. The van der Waals surface area contributed by atoms with E-state index in [9.17, 15) is 15.1 Å². The summed E-state index contributed by atoms with van der Waals surface area (Å²) in [6.07, 6.45) is 0. The number of aromatic nitrogens is 4. The topological polar surface area (TPSA) is 26.2 Å². The first-order valence-electron chi connectivity index (χ1n) is 47.7. The summed E-state index contributed by atoms with van der Waals surface area (Å²) in [6.45, 7) is 26.3. The Hall–Kier alpha value is -13.6. The molecule has 0 N–H and O–H groups in total. The van der Waals surface area contributed by atoms with Crippen LogP contribution in [0.1, 0.15) is 123 Å². The van der Waals surface area contributed by atoms with Crippen molar-refractivity contribution in [2.45, 2.75) is 105 Å². The van der Waals surface area contributed by atoms with E-state index >= 15 is 0 Å². The van der Waals surface area contributed by atoms with Crippen LogP contribution in [0.4, 0.5) is 34.1 Å². The summed E-state index contributed by atoms with van der Waals surface area (Å²) in [6, 6.07) is 88.2. The molecule has 6 heterocycles. The molecule has 22 rings (SSSR count). The molecule has 0 unspecified atom stereocenters. The Morgan fingerprint density at radius 2 is 0.622 bits per heavy atom. The molecule has 2 aliphatic rings. The Morgan fingerprint density at radius 1 is 0.227 bits per heavy atom. The molecule has 6 nitrogen and oxygen atoms in total. The summed E-state index contributed by atoms with van der Waals surface area (Å²) in [5.41, 5.74) is 22.8. The third-order valence-electron chi connectivity index (χ3n) is 25.0. The highest BCUT2D eigenvalue weighted by Gasteiger charge is 2.45. The molecule has 574 valence electrons. The second kappa shape index (κ2) is 26.4. The van der Waals surface area contributed by atoms with Gasteiger partial charge in [-0.25, -0.2) is 0 Å². The third kappa shape index (κ3) is 11.4. The van der Waals surface area contributed by atoms with Crippen LogP contribution in [0, 0.1) is 0 Å². The summed E-state index contributed by atoms with van der Waals surface area (Å²) in [4.78, 5) is 4.54. The second-order valence-electron chi connectivity index (χ2n) is 36.4. The van der Waals surface area contributed by atoms with Crippen LogP contribution in [0.2, 0.25) is 0 Å². The maximum Gasteiger partial charge on any atom is 0.252 e. The molecule has 16 aromatic carbocycles. The van der Waals surface area contributed by atoms with Crippen LogP contribution in [-0.4, -0.2) is 25.0 Å². The molecular weight excluding hydrogens is 1440 g/mol. The molecule has 2 aliphatic heterocycles. The van der Waals surface area contributed by atoms with Crippen LogP contribution >= 0.6 is 0 Å². The van der Waals surface area contributed by atoms with E-state index in [0.29, 0.717) is 34.0 Å². The van der Waals surface area contributed by atoms with Crippen molar-refractivity contribution in [3.63, 3.8) is 0 Å². The highest BCUT2D eigenvalue weighted by atomic mass is 15.2. The average Bonchev–Trinajstić information content (AvgIpc) is 0.975. The van der Waals surface area contributed by atoms with Gasteiger partial charge in [-0.05, 0) is 233 Å². The van der Waals surface area contributed by atoms with Gasteiger partial charge in [0.05, 0.1) is 73.3 Å². The molecule has 0 aliphatic carbocycles. The molecule has 0 bridgehead atoms. The highest BCUT2D eigenvalue weighted by Crippen LogP contribution is 2.53. The predicted molar refractivity (Wildman–Crippen MR) is 509 cm³/mol. The normalized spacial score (nSPS) is 14.7. The van der Waals surface area contributed by atoms with Crippen LogP contribution < -0.4 is 26.2 Å². The van der Waals surface area contributed by atoms with Crippen molar-refractivity contribution in [1.82, 2.24) is 18.3 Å². The third-order valence-corrected chi connectivity index (χ3v) is 25.0. The molecule has 0 saturated heterocycles. The van der Waals surface area contributed by atoms with E-state index in [1.807, 2.05) is 72.8 Å². The maximum atomic E-state index is 10.2. The number of benzene rings is 16. The van der Waals surface area contributed by atoms with Gasteiger partial charge in [0.15, 0.2) is 0 Å². The average molecular weight is 1550 g/mol. The van der Waals surface area contributed by atoms with Gasteiger partial charge in [-0.3, -0.25) is 0 Å². The monoisotopic (exact) mass is 1550 g/mol. The predicted octanol–water partition coefficient (Wildman–Crippen LogP) is 28.3. The molecular formula is C112H93BN6. The van der Waals surface area contributed by atoms with E-state index in [-0.39, 0.29) is 49.0 Å². The van der Waals surface area contributed by atoms with Gasteiger partial charge in [-0.15, -0.1) is 0 Å². The standard InChI is InChI=1S/C112H93BN6/c1-109(2,3)76-47-55-96-88(64-76)89-65-77(110(4,5)6)48-56-97(89)115(96)82-52-54-93-103(69-82)119(101-46-30-42-87-86-41-29-45-100(107(86)117(108(87)101)80-37-23-16-24-38-80)118-98-57-49-78(111(7,8)9)66-90(98)91-67-79(112(10,11)12)50-58-99(91)118)105-63-75(72-35-21-15-22-36-72)62-104-106(105)113(93)92-53-51-81(114-94-43-27-25-39-84(94)85-40-26-28-44-95(85)114)68-102(92)116(104)83-60-73(70-31-17-13-18-32-70)59-74(61-83)71-33-19-14-20-34-71/h13-69H,1-12H3/i15D,21D,22D,25D,26D,27D,28D,35D,36D,39D,40D,43D,44D. The van der Waals surface area contributed by atoms with E-state index < -0.39 is 85.3 Å². The number of fused-ring (bicyclic) bond motifs is 16. The minimum atomic E-state index is -0.746. The van der Waals surface area contributed by atoms with Gasteiger partial charge in [0, 0.05) is 88.6 Å². The maximum absolute atomic E-state index is 10.2. The fourth-order valence-corrected chi connectivity index (χ4v) is 19.1. The zero-order chi connectivity index (χ0) is 92.2. The highest BCUT2D eigenvalue weighted by molar-refractivity contribution is 7.00. The summed E-state index contributed by atoms with van der Waals surface area (Å²) >= 11 is 0. The number of rotatable bonds is 9. The molecule has 20 aromatic rings. The van der Waals surface area contributed by atoms with Crippen LogP contribution in [0.3, 0.4) is 0 Å². The van der Waals surface area contributed by atoms with Gasteiger partial charge < -0.3 is 28.1 Å². The van der Waals surface area contributed by atoms with Gasteiger partial charge in [-0.2, -0.15) is 0 Å². The SMILES string of the molecule is [2H]c1c([2H])c([2H])c(-c2cc3c4c(c2)N(c2cccc5c6cccc(-n7c8ccc(C(C)(C)C)cc8c8cc(C(C)(C)C)ccc87)c6n(-c6ccccc6)c25)c2cc(-n5c6ccc(C(C)(C)C)cc6c6cc(C(C)(C)C)ccc65)ccc2B4c2ccc(-n4c5c([2H])c([2H])c([2H])c([2H])c5c5c([2H])c([2H])c([2H])c([2H])c54)cc2N3c2cc(-c3ccccc3)cc(-c3ccccc3)c2)c([2H])c1[2H]. The largest absolute Gasteiger partial charge is 0.311 e. The fourth-order valence-electron chi connectivity index (χ4n) is 19.1. The first-order chi connectivity index (χ1) is 63.0. The lowest BCUT2D eigenvalue weighted by molar-refractivity contribution is 0.590. The molecule has 0 radical (unpaired) electrons. The number of hydrogen-bond acceptors (Lipinski definition) is 2. The van der Waals surface area contributed by atoms with E-state index in [0.717, 1.165) is 132 Å². The Labute approximate surface area is 715 Å². The lowest BCUT2D eigenvalue weighted by Gasteiger charge is -2.45. The molecule has 0 amide bonds. The van der Waals surface area contributed by atoms with Crippen LogP contribution in [0.15, 0.2) is 345 Å². The first-order valence-corrected chi connectivity index (χ1v) is 41.2. The lowest BCUT2D eigenvalue weighted by Crippen LogP contribution is -2.61. The summed E-state index contributed by atoms with van der Waals surface area (Å²) in [5, 5.41) is 6.24. The Balaban J connectivity index is 0.927. The first kappa shape index (κ1) is 59.1. The van der Waals surface area contributed by atoms with Crippen molar-refractivity contribution in [3.05, 3.63) is 368 Å².